The fraction of sp³-hybridized carbons (Fsp3) is 0.500. The zero-order valence-corrected chi connectivity index (χ0v) is 7.11. The van der Waals surface area contributed by atoms with Gasteiger partial charge in [-0.05, 0) is 18.0 Å². The van der Waals surface area contributed by atoms with Gasteiger partial charge in [0, 0.05) is 11.9 Å². The van der Waals surface area contributed by atoms with Crippen LogP contribution >= 0.6 is 11.9 Å². The first-order valence-electron chi connectivity index (χ1n) is 3.30. The number of nitrogens with zero attached hydrogens (tertiary/aromatic N) is 2. The highest BCUT2D eigenvalue weighted by molar-refractivity contribution is 7.97. The first-order chi connectivity index (χ1) is 5.54. The molecular weight excluding hydrogens is 189 g/mol. The summed E-state index contributed by atoms with van der Waals surface area (Å²) in [4.78, 5) is 0. The average Bonchev–Trinajstić information content (AvgIpc) is 2.35. The van der Waals surface area contributed by atoms with Crippen molar-refractivity contribution in [3.8, 4) is 0 Å². The molecule has 0 spiro atoms. The molecule has 0 saturated heterocycles. The largest absolute Gasteiger partial charge is 0.435 e. The number of aromatic nitrogens is 2. The topological polar surface area (TPSA) is 17.8 Å². The van der Waals surface area contributed by atoms with E-state index in [1.165, 1.54) is 22.2 Å². The fourth-order valence-corrected chi connectivity index (χ4v) is 1.22. The Balaban J connectivity index is 2.77. The van der Waals surface area contributed by atoms with Gasteiger partial charge < -0.3 is 0 Å². The van der Waals surface area contributed by atoms with Crippen LogP contribution in [0.5, 0.6) is 0 Å². The lowest BCUT2D eigenvalue weighted by molar-refractivity contribution is -0.141. The monoisotopic (exact) mass is 196 g/mol. The van der Waals surface area contributed by atoms with E-state index in [1.54, 1.807) is 0 Å². The lowest BCUT2D eigenvalue weighted by Gasteiger charge is -2.00. The van der Waals surface area contributed by atoms with Crippen molar-refractivity contribution in [3.63, 3.8) is 0 Å². The summed E-state index contributed by atoms with van der Waals surface area (Å²) in [5, 5.41) is 3.33. The Hall–Kier alpha value is -0.650. The summed E-state index contributed by atoms with van der Waals surface area (Å²) in [6, 6.07) is 0.961. The molecule has 0 unspecified atom stereocenters. The van der Waals surface area contributed by atoms with Crippen molar-refractivity contribution in [3.05, 3.63) is 18.0 Å². The van der Waals surface area contributed by atoms with Crippen LogP contribution in [0.15, 0.2) is 12.3 Å². The Morgan fingerprint density at radius 3 is 2.67 bits per heavy atom. The molecule has 6 heteroatoms. The minimum Gasteiger partial charge on any atom is -0.214 e. The van der Waals surface area contributed by atoms with Gasteiger partial charge in [0.15, 0.2) is 5.69 Å². The van der Waals surface area contributed by atoms with E-state index in [0.29, 0.717) is 5.75 Å². The first kappa shape index (κ1) is 9.44. The van der Waals surface area contributed by atoms with Gasteiger partial charge in [-0.15, -0.1) is 0 Å². The third-order valence-corrected chi connectivity index (χ3v) is 1.84. The number of halogens is 3. The number of rotatable bonds is 2. The third kappa shape index (κ3) is 2.17. The van der Waals surface area contributed by atoms with Gasteiger partial charge in [-0.1, -0.05) is 6.92 Å². The molecule has 0 N–H and O–H groups in total. The van der Waals surface area contributed by atoms with Gasteiger partial charge in [-0.25, -0.2) is 4.09 Å². The smallest absolute Gasteiger partial charge is 0.214 e. The zero-order chi connectivity index (χ0) is 9.19. The van der Waals surface area contributed by atoms with E-state index >= 15 is 0 Å². The number of hydrogen-bond acceptors (Lipinski definition) is 2. The summed E-state index contributed by atoms with van der Waals surface area (Å²) in [5.74, 6) is 0.693. The predicted molar refractivity (Wildman–Crippen MR) is 40.8 cm³/mol. The minimum absolute atomic E-state index is 0.693. The van der Waals surface area contributed by atoms with Crippen molar-refractivity contribution in [1.82, 2.24) is 9.19 Å². The molecule has 0 aliphatic rings. The van der Waals surface area contributed by atoms with Gasteiger partial charge in [-0.3, -0.25) is 0 Å². The Morgan fingerprint density at radius 2 is 2.25 bits per heavy atom. The predicted octanol–water partition coefficient (Wildman–Crippen LogP) is 2.42. The summed E-state index contributed by atoms with van der Waals surface area (Å²) in [7, 11) is 0. The van der Waals surface area contributed by atoms with Crippen LogP contribution in [0.1, 0.15) is 12.6 Å². The summed E-state index contributed by atoms with van der Waals surface area (Å²) in [6.45, 7) is 1.85. The maximum Gasteiger partial charge on any atom is 0.435 e. The standard InChI is InChI=1S/C6H7F3N2S/c1-2-12-11-4-3-5(10-11)6(7,8)9/h3-4H,2H2,1H3. The molecule has 0 amide bonds. The SMILES string of the molecule is CCSn1ccc(C(F)(F)F)n1. The molecule has 0 saturated carbocycles. The molecule has 0 aliphatic carbocycles. The highest BCUT2D eigenvalue weighted by atomic mass is 32.2. The second kappa shape index (κ2) is 3.38. The fourth-order valence-electron chi connectivity index (χ4n) is 0.663. The number of alkyl halides is 3. The van der Waals surface area contributed by atoms with Crippen LogP contribution in [-0.2, 0) is 6.18 Å². The summed E-state index contributed by atoms with van der Waals surface area (Å²) in [6.07, 6.45) is -3.03. The molecule has 0 bridgehead atoms. The second-order valence-corrected chi connectivity index (χ2v) is 3.23. The quantitative estimate of drug-likeness (QED) is 0.722. The minimum atomic E-state index is -4.33. The van der Waals surface area contributed by atoms with E-state index in [9.17, 15) is 13.2 Å². The number of hydrogen-bond donors (Lipinski definition) is 0. The molecule has 12 heavy (non-hydrogen) atoms. The van der Waals surface area contributed by atoms with E-state index in [4.69, 9.17) is 0 Å². The van der Waals surface area contributed by atoms with E-state index in [1.807, 2.05) is 6.92 Å². The molecule has 0 aliphatic heterocycles. The van der Waals surface area contributed by atoms with Crippen molar-refractivity contribution in [2.45, 2.75) is 13.1 Å². The molecule has 0 atom stereocenters. The van der Waals surface area contributed by atoms with Crippen molar-refractivity contribution >= 4 is 11.9 Å². The third-order valence-electron chi connectivity index (χ3n) is 1.12. The lowest BCUT2D eigenvalue weighted by atomic mass is 10.4. The van der Waals surface area contributed by atoms with E-state index in [-0.39, 0.29) is 0 Å². The van der Waals surface area contributed by atoms with Gasteiger partial charge in [0.05, 0.1) is 0 Å². The van der Waals surface area contributed by atoms with Crippen molar-refractivity contribution in [2.75, 3.05) is 5.75 Å². The molecule has 0 radical (unpaired) electrons. The van der Waals surface area contributed by atoms with Crippen molar-refractivity contribution in [2.24, 2.45) is 0 Å². The Kier molecular flexibility index (Phi) is 2.66. The lowest BCUT2D eigenvalue weighted by Crippen LogP contribution is -2.06. The molecule has 1 aromatic rings. The molecule has 2 nitrogen and oxygen atoms in total. The van der Waals surface area contributed by atoms with Crippen LogP contribution in [0.2, 0.25) is 0 Å². The van der Waals surface area contributed by atoms with Crippen molar-refractivity contribution in [1.29, 1.82) is 0 Å². The summed E-state index contributed by atoms with van der Waals surface area (Å²) < 4.78 is 37.1. The van der Waals surface area contributed by atoms with E-state index in [0.717, 1.165) is 6.07 Å². The van der Waals surface area contributed by atoms with Crippen molar-refractivity contribution < 1.29 is 13.2 Å². The highest BCUT2D eigenvalue weighted by Gasteiger charge is 2.33. The van der Waals surface area contributed by atoms with Crippen LogP contribution < -0.4 is 0 Å². The van der Waals surface area contributed by atoms with Crippen LogP contribution in [0, 0.1) is 0 Å². The Bertz CT molecular complexity index is 256. The van der Waals surface area contributed by atoms with Crippen LogP contribution in [-0.4, -0.2) is 14.9 Å². The van der Waals surface area contributed by atoms with Crippen LogP contribution in [0.3, 0.4) is 0 Å². The van der Waals surface area contributed by atoms with Gasteiger partial charge in [0.25, 0.3) is 0 Å². The summed E-state index contributed by atoms with van der Waals surface area (Å²) >= 11 is 1.22. The van der Waals surface area contributed by atoms with E-state index in [2.05, 4.69) is 5.10 Å². The summed E-state index contributed by atoms with van der Waals surface area (Å²) in [5.41, 5.74) is -0.844. The maximum absolute atomic E-state index is 12.0. The van der Waals surface area contributed by atoms with Gasteiger partial charge in [0.1, 0.15) is 0 Å². The Labute approximate surface area is 71.9 Å². The van der Waals surface area contributed by atoms with Crippen LogP contribution in [0.4, 0.5) is 13.2 Å². The second-order valence-electron chi connectivity index (χ2n) is 2.02. The first-order valence-corrected chi connectivity index (χ1v) is 4.24. The normalized spacial score (nSPS) is 12.0. The molecule has 68 valence electrons. The van der Waals surface area contributed by atoms with Crippen LogP contribution in [0.25, 0.3) is 0 Å². The van der Waals surface area contributed by atoms with Gasteiger partial charge >= 0.3 is 6.18 Å². The average molecular weight is 196 g/mol. The molecule has 1 rings (SSSR count). The Morgan fingerprint density at radius 1 is 1.58 bits per heavy atom. The zero-order valence-electron chi connectivity index (χ0n) is 6.30. The van der Waals surface area contributed by atoms with Gasteiger partial charge in [-0.2, -0.15) is 18.3 Å². The molecule has 0 aromatic carbocycles. The molecular formula is C6H7F3N2S. The molecule has 1 heterocycles. The molecule has 0 fully saturated rings. The van der Waals surface area contributed by atoms with E-state index < -0.39 is 11.9 Å². The highest BCUT2D eigenvalue weighted by Crippen LogP contribution is 2.27. The van der Waals surface area contributed by atoms with Gasteiger partial charge in [0.2, 0.25) is 0 Å². The molecule has 1 aromatic heterocycles. The maximum atomic E-state index is 12.0.